The van der Waals surface area contributed by atoms with Crippen LogP contribution in [0, 0.1) is 20.8 Å². The molecule has 8 heteroatoms. The van der Waals surface area contributed by atoms with E-state index in [9.17, 15) is 4.79 Å². The van der Waals surface area contributed by atoms with E-state index >= 15 is 0 Å². The number of nitrogens with one attached hydrogen (secondary N) is 2. The van der Waals surface area contributed by atoms with Gasteiger partial charge in [-0.25, -0.2) is 14.6 Å². The molecule has 2 N–H and O–H groups in total. The first-order valence-electron chi connectivity index (χ1n) is 7.02. The summed E-state index contributed by atoms with van der Waals surface area (Å²) < 4.78 is 1.83. The summed E-state index contributed by atoms with van der Waals surface area (Å²) in [5, 5.41) is 13.4. The molecule has 0 saturated carbocycles. The minimum absolute atomic E-state index is 0.118. The third-order valence-corrected chi connectivity index (χ3v) is 3.56. The number of aryl methyl sites for hydroxylation is 3. The minimum atomic E-state index is -0.118. The van der Waals surface area contributed by atoms with Gasteiger partial charge in [-0.05, 0) is 32.8 Å². The van der Waals surface area contributed by atoms with Crippen molar-refractivity contribution < 1.29 is 4.79 Å². The molecule has 0 bridgehead atoms. The topological polar surface area (TPSA) is 101 Å². The van der Waals surface area contributed by atoms with E-state index in [1.807, 2.05) is 31.4 Å². The summed E-state index contributed by atoms with van der Waals surface area (Å²) in [5.74, 6) is 0.238. The summed E-state index contributed by atoms with van der Waals surface area (Å²) in [6.07, 6.45) is 2.29. The monoisotopic (exact) mass is 299 g/mol. The molecule has 114 valence electrons. The maximum absolute atomic E-state index is 11.9. The number of H-pyrrole nitrogens is 1. The number of aromatic amines is 1. The molecule has 0 aliphatic heterocycles. The van der Waals surface area contributed by atoms with Crippen molar-refractivity contribution in [2.75, 3.05) is 5.32 Å². The van der Waals surface area contributed by atoms with Crippen molar-refractivity contribution >= 4 is 17.5 Å². The van der Waals surface area contributed by atoms with Crippen molar-refractivity contribution in [3.63, 3.8) is 0 Å². The number of rotatable bonds is 4. The molecule has 0 fully saturated rings. The molecule has 0 saturated heterocycles. The van der Waals surface area contributed by atoms with Crippen LogP contribution in [0.3, 0.4) is 0 Å². The highest BCUT2D eigenvalue weighted by atomic mass is 16.1. The van der Waals surface area contributed by atoms with Gasteiger partial charge in [0.1, 0.15) is 6.33 Å². The normalized spacial score (nSPS) is 11.0. The Kier molecular flexibility index (Phi) is 3.58. The van der Waals surface area contributed by atoms with Gasteiger partial charge in [-0.2, -0.15) is 15.2 Å². The smallest absolute Gasteiger partial charge is 0.227 e. The third-order valence-electron chi connectivity index (χ3n) is 3.56. The summed E-state index contributed by atoms with van der Waals surface area (Å²) in [6.45, 7) is 5.89. The fourth-order valence-electron chi connectivity index (χ4n) is 2.50. The molecule has 0 spiro atoms. The van der Waals surface area contributed by atoms with Crippen LogP contribution >= 0.6 is 0 Å². The van der Waals surface area contributed by atoms with Gasteiger partial charge in [0.2, 0.25) is 11.9 Å². The molecule has 0 aromatic carbocycles. The van der Waals surface area contributed by atoms with Gasteiger partial charge in [0, 0.05) is 23.9 Å². The molecule has 3 aromatic rings. The molecule has 3 heterocycles. The highest BCUT2D eigenvalue weighted by molar-refractivity contribution is 5.88. The quantitative estimate of drug-likeness (QED) is 0.757. The van der Waals surface area contributed by atoms with Gasteiger partial charge in [-0.15, -0.1) is 0 Å². The van der Waals surface area contributed by atoms with Gasteiger partial charge < -0.3 is 0 Å². The number of hydrogen-bond acceptors (Lipinski definition) is 5. The molecule has 8 nitrogen and oxygen atoms in total. The van der Waals surface area contributed by atoms with Gasteiger partial charge in [-0.3, -0.25) is 10.1 Å². The summed E-state index contributed by atoms with van der Waals surface area (Å²) in [4.78, 5) is 20.3. The summed E-state index contributed by atoms with van der Waals surface area (Å²) in [7, 11) is 0. The van der Waals surface area contributed by atoms with Crippen LogP contribution in [0.5, 0.6) is 0 Å². The van der Waals surface area contributed by atoms with E-state index < -0.39 is 0 Å². The first-order chi connectivity index (χ1) is 10.5. The molecular weight excluding hydrogens is 282 g/mol. The van der Waals surface area contributed by atoms with Crippen molar-refractivity contribution in [1.29, 1.82) is 0 Å². The Hall–Kier alpha value is -2.77. The first-order valence-corrected chi connectivity index (χ1v) is 7.02. The number of anilines is 1. The van der Waals surface area contributed by atoms with Crippen molar-refractivity contribution in [2.24, 2.45) is 0 Å². The highest BCUT2D eigenvalue weighted by Gasteiger charge is 2.13. The highest BCUT2D eigenvalue weighted by Crippen LogP contribution is 2.17. The number of aromatic nitrogens is 6. The maximum Gasteiger partial charge on any atom is 0.227 e. The van der Waals surface area contributed by atoms with Crippen LogP contribution in [-0.4, -0.2) is 35.7 Å². The lowest BCUT2D eigenvalue weighted by Gasteiger charge is -2.10. The van der Waals surface area contributed by atoms with Crippen LogP contribution in [0.2, 0.25) is 0 Å². The maximum atomic E-state index is 11.9. The molecule has 3 rings (SSSR count). The molecule has 0 aliphatic rings. The second kappa shape index (κ2) is 5.55. The Morgan fingerprint density at radius 2 is 2.18 bits per heavy atom. The molecule has 0 aliphatic carbocycles. The number of carbonyl (C=O) groups is 1. The van der Waals surface area contributed by atoms with Gasteiger partial charge in [0.25, 0.3) is 0 Å². The molecule has 22 heavy (non-hydrogen) atoms. The van der Waals surface area contributed by atoms with Gasteiger partial charge in [0.15, 0.2) is 5.65 Å². The predicted octanol–water partition coefficient (Wildman–Crippen LogP) is 1.34. The van der Waals surface area contributed by atoms with E-state index in [2.05, 4.69) is 30.6 Å². The zero-order chi connectivity index (χ0) is 15.7. The molecule has 0 atom stereocenters. The van der Waals surface area contributed by atoms with Crippen LogP contribution in [0.1, 0.15) is 29.1 Å². The first kappa shape index (κ1) is 14.2. The predicted molar refractivity (Wildman–Crippen MR) is 80.5 cm³/mol. The Labute approximate surface area is 127 Å². The zero-order valence-electron chi connectivity index (χ0n) is 12.7. The third kappa shape index (κ3) is 2.67. The fourth-order valence-corrected chi connectivity index (χ4v) is 2.50. The Bertz CT molecular complexity index is 819. The van der Waals surface area contributed by atoms with E-state index in [4.69, 9.17) is 0 Å². The molecule has 3 aromatic heterocycles. The van der Waals surface area contributed by atoms with Crippen molar-refractivity contribution in [2.45, 2.75) is 33.6 Å². The Morgan fingerprint density at radius 3 is 2.91 bits per heavy atom. The van der Waals surface area contributed by atoms with Crippen LogP contribution < -0.4 is 5.32 Å². The number of amides is 1. The van der Waals surface area contributed by atoms with E-state index in [1.165, 1.54) is 6.33 Å². The second-order valence-corrected chi connectivity index (χ2v) is 5.20. The van der Waals surface area contributed by atoms with Gasteiger partial charge in [-0.1, -0.05) is 0 Å². The van der Waals surface area contributed by atoms with Crippen LogP contribution in [0.15, 0.2) is 12.4 Å². The van der Waals surface area contributed by atoms with Crippen molar-refractivity contribution in [1.82, 2.24) is 29.8 Å². The Balaban J connectivity index is 1.77. The molecule has 0 radical (unpaired) electrons. The largest absolute Gasteiger partial charge is 0.295 e. The van der Waals surface area contributed by atoms with Crippen LogP contribution in [0.4, 0.5) is 5.95 Å². The number of carbonyl (C=O) groups excluding carboxylic acids is 1. The lowest BCUT2D eigenvalue weighted by atomic mass is 10.1. The Morgan fingerprint density at radius 1 is 1.36 bits per heavy atom. The lowest BCUT2D eigenvalue weighted by molar-refractivity contribution is -0.116. The van der Waals surface area contributed by atoms with Crippen molar-refractivity contribution in [3.8, 4) is 0 Å². The summed E-state index contributed by atoms with van der Waals surface area (Å²) in [5.41, 5.74) is 4.75. The fraction of sp³-hybridized carbons (Fsp3) is 0.357. The van der Waals surface area contributed by atoms with E-state index in [1.54, 1.807) is 0 Å². The summed E-state index contributed by atoms with van der Waals surface area (Å²) in [6, 6.07) is 1.94. The lowest BCUT2D eigenvalue weighted by Crippen LogP contribution is -2.15. The average Bonchev–Trinajstić information content (AvgIpc) is 3.07. The zero-order valence-corrected chi connectivity index (χ0v) is 12.7. The standard InChI is InChI=1S/C14H17N7O/c1-8-6-12-17-9(2)11(10(3)21(12)20-8)4-5-13(22)18-14-15-7-16-19-14/h6-7H,4-5H2,1-3H3,(H2,15,16,18,19,22). The molecular formula is C14H17N7O. The SMILES string of the molecule is Cc1cc2nc(C)c(CCC(=O)Nc3ncn[nH]3)c(C)n2n1. The number of fused-ring (bicyclic) bond motifs is 1. The summed E-state index contributed by atoms with van der Waals surface area (Å²) >= 11 is 0. The van der Waals surface area contributed by atoms with E-state index in [-0.39, 0.29) is 5.91 Å². The molecule has 0 unspecified atom stereocenters. The van der Waals surface area contributed by atoms with E-state index in [0.717, 1.165) is 28.3 Å². The van der Waals surface area contributed by atoms with Gasteiger partial charge in [0.05, 0.1) is 5.69 Å². The number of hydrogen-bond donors (Lipinski definition) is 2. The number of nitrogens with zero attached hydrogens (tertiary/aromatic N) is 5. The van der Waals surface area contributed by atoms with Gasteiger partial charge >= 0.3 is 0 Å². The van der Waals surface area contributed by atoms with Crippen LogP contribution in [-0.2, 0) is 11.2 Å². The van der Waals surface area contributed by atoms with E-state index in [0.29, 0.717) is 18.8 Å². The van der Waals surface area contributed by atoms with Crippen LogP contribution in [0.25, 0.3) is 5.65 Å². The minimum Gasteiger partial charge on any atom is -0.295 e. The average molecular weight is 299 g/mol. The van der Waals surface area contributed by atoms with Crippen molar-refractivity contribution in [3.05, 3.63) is 35.0 Å². The molecule has 1 amide bonds. The second-order valence-electron chi connectivity index (χ2n) is 5.20.